The van der Waals surface area contributed by atoms with Crippen molar-refractivity contribution < 1.29 is 14.3 Å². The van der Waals surface area contributed by atoms with E-state index in [0.717, 1.165) is 0 Å². The quantitative estimate of drug-likeness (QED) is 0.831. The average Bonchev–Trinajstić information content (AvgIpc) is 2.44. The molecule has 0 radical (unpaired) electrons. The Labute approximate surface area is 115 Å². The first kappa shape index (κ1) is 15.1. The fourth-order valence-electron chi connectivity index (χ4n) is 1.25. The zero-order valence-electron chi connectivity index (χ0n) is 10.7. The highest BCUT2D eigenvalue weighted by Gasteiger charge is 2.16. The summed E-state index contributed by atoms with van der Waals surface area (Å²) < 4.78 is 4.50. The van der Waals surface area contributed by atoms with Crippen molar-refractivity contribution in [3.05, 3.63) is 29.8 Å². The first-order valence-corrected chi connectivity index (χ1v) is 6.61. The SMILES string of the molecule is COC(=O)CSC(C)C(=O)Nc1ccccc1C#N. The molecule has 0 saturated carbocycles. The molecule has 100 valence electrons. The van der Waals surface area contributed by atoms with Crippen molar-refractivity contribution in [2.75, 3.05) is 18.2 Å². The Morgan fingerprint density at radius 3 is 2.79 bits per heavy atom. The van der Waals surface area contributed by atoms with Crippen molar-refractivity contribution in [3.63, 3.8) is 0 Å². The molecule has 1 unspecified atom stereocenters. The minimum atomic E-state index is -0.411. The number of ether oxygens (including phenoxy) is 1. The van der Waals surface area contributed by atoms with Gasteiger partial charge in [0.1, 0.15) is 6.07 Å². The van der Waals surface area contributed by atoms with E-state index in [2.05, 4.69) is 10.1 Å². The number of rotatable bonds is 5. The monoisotopic (exact) mass is 278 g/mol. The molecule has 1 amide bonds. The lowest BCUT2D eigenvalue weighted by atomic mass is 10.2. The molecule has 1 atom stereocenters. The standard InChI is InChI=1S/C13H14N2O3S/c1-9(19-8-12(16)18-2)13(17)15-11-6-4-3-5-10(11)7-14/h3-6,9H,8H2,1-2H3,(H,15,17). The summed E-state index contributed by atoms with van der Waals surface area (Å²) >= 11 is 1.18. The largest absolute Gasteiger partial charge is 0.468 e. The Kier molecular flexibility index (Phi) is 5.90. The minimum absolute atomic E-state index is 0.116. The smallest absolute Gasteiger partial charge is 0.315 e. The lowest BCUT2D eigenvalue weighted by molar-refractivity contribution is -0.137. The Morgan fingerprint density at radius 2 is 2.16 bits per heavy atom. The molecule has 0 saturated heterocycles. The molecule has 1 aromatic rings. The van der Waals surface area contributed by atoms with E-state index >= 15 is 0 Å². The number of carbonyl (C=O) groups is 2. The van der Waals surface area contributed by atoms with Crippen molar-refractivity contribution in [1.29, 1.82) is 5.26 Å². The molecular formula is C13H14N2O3S. The fraction of sp³-hybridized carbons (Fsp3) is 0.308. The maximum atomic E-state index is 11.9. The highest BCUT2D eigenvalue weighted by Crippen LogP contribution is 2.17. The topological polar surface area (TPSA) is 79.2 Å². The second-order valence-corrected chi connectivity index (χ2v) is 5.01. The van der Waals surface area contributed by atoms with Crippen LogP contribution in [0, 0.1) is 11.3 Å². The van der Waals surface area contributed by atoms with Gasteiger partial charge in [-0.1, -0.05) is 12.1 Å². The van der Waals surface area contributed by atoms with E-state index in [1.807, 2.05) is 6.07 Å². The molecule has 0 spiro atoms. The second kappa shape index (κ2) is 7.44. The number of hydrogen-bond acceptors (Lipinski definition) is 5. The summed E-state index contributed by atoms with van der Waals surface area (Å²) in [7, 11) is 1.30. The normalized spacial score (nSPS) is 11.2. The van der Waals surface area contributed by atoms with Crippen LogP contribution in [0.15, 0.2) is 24.3 Å². The summed E-state index contributed by atoms with van der Waals surface area (Å²) in [6, 6.07) is 8.76. The number of nitrogens with zero attached hydrogens (tertiary/aromatic N) is 1. The van der Waals surface area contributed by atoms with E-state index < -0.39 is 5.25 Å². The predicted molar refractivity (Wildman–Crippen MR) is 73.7 cm³/mol. The van der Waals surface area contributed by atoms with Gasteiger partial charge >= 0.3 is 5.97 Å². The number of methoxy groups -OCH3 is 1. The van der Waals surface area contributed by atoms with Gasteiger partial charge in [-0.3, -0.25) is 9.59 Å². The summed E-state index contributed by atoms with van der Waals surface area (Å²) in [6.07, 6.45) is 0. The number of nitrogens with one attached hydrogen (secondary N) is 1. The zero-order valence-corrected chi connectivity index (χ0v) is 11.5. The lowest BCUT2D eigenvalue weighted by Gasteiger charge is -2.12. The third-order valence-electron chi connectivity index (χ3n) is 2.35. The van der Waals surface area contributed by atoms with Gasteiger partial charge in [-0.25, -0.2) is 0 Å². The van der Waals surface area contributed by atoms with Crippen molar-refractivity contribution >= 4 is 29.3 Å². The van der Waals surface area contributed by atoms with Gasteiger partial charge in [0.2, 0.25) is 5.91 Å². The number of benzene rings is 1. The highest BCUT2D eigenvalue weighted by molar-refractivity contribution is 8.01. The fourth-order valence-corrected chi connectivity index (χ4v) is 1.97. The number of carbonyl (C=O) groups excluding carboxylic acids is 2. The number of esters is 1. The number of para-hydroxylation sites is 1. The number of thioether (sulfide) groups is 1. The van der Waals surface area contributed by atoms with Gasteiger partial charge < -0.3 is 10.1 Å². The van der Waals surface area contributed by atoms with Gasteiger partial charge in [-0.15, -0.1) is 11.8 Å². The molecule has 1 N–H and O–H groups in total. The Morgan fingerprint density at radius 1 is 1.47 bits per heavy atom. The predicted octanol–water partition coefficient (Wildman–Crippen LogP) is 1.79. The van der Waals surface area contributed by atoms with Crippen LogP contribution in [-0.2, 0) is 14.3 Å². The van der Waals surface area contributed by atoms with Gasteiger partial charge in [-0.05, 0) is 19.1 Å². The molecule has 6 heteroatoms. The van der Waals surface area contributed by atoms with E-state index in [1.165, 1.54) is 18.9 Å². The van der Waals surface area contributed by atoms with Gasteiger partial charge in [-0.2, -0.15) is 5.26 Å². The molecule has 0 aliphatic carbocycles. The first-order chi connectivity index (χ1) is 9.08. The minimum Gasteiger partial charge on any atom is -0.468 e. The molecule has 5 nitrogen and oxygen atoms in total. The second-order valence-electron chi connectivity index (χ2n) is 3.68. The van der Waals surface area contributed by atoms with Crippen LogP contribution in [0.2, 0.25) is 0 Å². The summed E-state index contributed by atoms with van der Waals surface area (Å²) in [4.78, 5) is 22.9. The van der Waals surface area contributed by atoms with Crippen LogP contribution in [0.3, 0.4) is 0 Å². The van der Waals surface area contributed by atoms with Crippen molar-refractivity contribution in [2.45, 2.75) is 12.2 Å². The van der Waals surface area contributed by atoms with Crippen LogP contribution in [0.4, 0.5) is 5.69 Å². The van der Waals surface area contributed by atoms with Crippen LogP contribution < -0.4 is 5.32 Å². The summed E-state index contributed by atoms with van der Waals surface area (Å²) in [5.41, 5.74) is 0.876. The van der Waals surface area contributed by atoms with E-state index in [4.69, 9.17) is 5.26 Å². The molecule has 1 aromatic carbocycles. The van der Waals surface area contributed by atoms with E-state index in [-0.39, 0.29) is 17.6 Å². The van der Waals surface area contributed by atoms with Crippen LogP contribution in [0.5, 0.6) is 0 Å². The number of anilines is 1. The number of nitriles is 1. The number of hydrogen-bond donors (Lipinski definition) is 1. The van der Waals surface area contributed by atoms with Crippen molar-refractivity contribution in [2.24, 2.45) is 0 Å². The Balaban J connectivity index is 2.59. The van der Waals surface area contributed by atoms with E-state index in [9.17, 15) is 9.59 Å². The summed E-state index contributed by atoms with van der Waals surface area (Å²) in [6.45, 7) is 1.69. The van der Waals surface area contributed by atoms with Crippen molar-refractivity contribution in [3.8, 4) is 6.07 Å². The van der Waals surface area contributed by atoms with Crippen LogP contribution in [-0.4, -0.2) is 30.0 Å². The zero-order chi connectivity index (χ0) is 14.3. The molecule has 0 bridgehead atoms. The van der Waals surface area contributed by atoms with E-state index in [0.29, 0.717) is 11.3 Å². The van der Waals surface area contributed by atoms with Gasteiger partial charge in [0.25, 0.3) is 0 Å². The maximum Gasteiger partial charge on any atom is 0.315 e. The van der Waals surface area contributed by atoms with Crippen LogP contribution >= 0.6 is 11.8 Å². The number of amides is 1. The molecule has 0 aromatic heterocycles. The van der Waals surface area contributed by atoms with Gasteiger partial charge in [0.05, 0.1) is 29.4 Å². The molecule has 1 rings (SSSR count). The van der Waals surface area contributed by atoms with Crippen LogP contribution in [0.1, 0.15) is 12.5 Å². The van der Waals surface area contributed by atoms with E-state index in [1.54, 1.807) is 31.2 Å². The third kappa shape index (κ3) is 4.64. The lowest BCUT2D eigenvalue weighted by Crippen LogP contribution is -2.24. The van der Waals surface area contributed by atoms with Crippen molar-refractivity contribution in [1.82, 2.24) is 0 Å². The van der Waals surface area contributed by atoms with Gasteiger partial charge in [0, 0.05) is 0 Å². The highest BCUT2D eigenvalue weighted by atomic mass is 32.2. The Hall–Kier alpha value is -2.00. The molecule has 19 heavy (non-hydrogen) atoms. The first-order valence-electron chi connectivity index (χ1n) is 5.57. The molecule has 0 aliphatic rings. The van der Waals surface area contributed by atoms with Gasteiger partial charge in [0.15, 0.2) is 0 Å². The summed E-state index contributed by atoms with van der Waals surface area (Å²) in [5.74, 6) is -0.510. The molecular weight excluding hydrogens is 264 g/mol. The third-order valence-corrected chi connectivity index (χ3v) is 3.47. The summed E-state index contributed by atoms with van der Waals surface area (Å²) in [5, 5.41) is 11.2. The maximum absolute atomic E-state index is 11.9. The molecule has 0 fully saturated rings. The van der Waals surface area contributed by atoms with Crippen LogP contribution in [0.25, 0.3) is 0 Å². The molecule has 0 aliphatic heterocycles. The molecule has 0 heterocycles. The average molecular weight is 278 g/mol. The Bertz CT molecular complexity index is 511.